The number of carbonyl (C=O) groups excluding carboxylic acids is 1. The highest BCUT2D eigenvalue weighted by atomic mass is 16.6. The maximum atomic E-state index is 12.2. The number of hydrogen-bond donors (Lipinski definition) is 1. The molecule has 1 saturated heterocycles. The van der Waals surface area contributed by atoms with E-state index >= 15 is 0 Å². The zero-order valence-electron chi connectivity index (χ0n) is 14.6. The average Bonchev–Trinajstić information content (AvgIpc) is 3.09. The Morgan fingerprint density at radius 1 is 1.36 bits per heavy atom. The molecule has 22 heavy (non-hydrogen) atoms. The van der Waals surface area contributed by atoms with Crippen LogP contribution in [0.3, 0.4) is 0 Å². The predicted molar refractivity (Wildman–Crippen MR) is 87.0 cm³/mol. The largest absolute Gasteiger partial charge is 0.444 e. The number of hydrogen-bond acceptors (Lipinski definition) is 4. The van der Waals surface area contributed by atoms with Crippen molar-refractivity contribution in [3.63, 3.8) is 0 Å². The molecule has 2 aliphatic rings. The van der Waals surface area contributed by atoms with Gasteiger partial charge in [-0.2, -0.15) is 0 Å². The summed E-state index contributed by atoms with van der Waals surface area (Å²) in [5.74, 6) is 0.630. The summed E-state index contributed by atoms with van der Waals surface area (Å²) in [7, 11) is 0. The van der Waals surface area contributed by atoms with E-state index < -0.39 is 5.60 Å². The van der Waals surface area contributed by atoms with Crippen LogP contribution in [0.4, 0.5) is 4.79 Å². The molecule has 0 aromatic carbocycles. The van der Waals surface area contributed by atoms with Crippen LogP contribution >= 0.6 is 0 Å². The van der Waals surface area contributed by atoms with Gasteiger partial charge in [0.1, 0.15) is 5.60 Å². The Labute approximate surface area is 134 Å². The van der Waals surface area contributed by atoms with Gasteiger partial charge in [-0.1, -0.05) is 0 Å². The fourth-order valence-electron chi connectivity index (χ4n) is 2.82. The lowest BCUT2D eigenvalue weighted by molar-refractivity contribution is 0.0231. The first kappa shape index (κ1) is 17.5. The van der Waals surface area contributed by atoms with Crippen LogP contribution < -0.4 is 5.32 Å². The topological polar surface area (TPSA) is 50.8 Å². The van der Waals surface area contributed by atoms with Gasteiger partial charge in [0.15, 0.2) is 0 Å². The first-order chi connectivity index (χ1) is 10.4. The molecule has 5 heteroatoms. The molecule has 128 valence electrons. The van der Waals surface area contributed by atoms with E-state index in [1.54, 1.807) is 0 Å². The second kappa shape index (κ2) is 7.64. The lowest BCUT2D eigenvalue weighted by Gasteiger charge is -2.28. The van der Waals surface area contributed by atoms with Gasteiger partial charge >= 0.3 is 6.09 Å². The van der Waals surface area contributed by atoms with E-state index in [2.05, 4.69) is 12.2 Å². The van der Waals surface area contributed by atoms with E-state index in [9.17, 15) is 4.79 Å². The van der Waals surface area contributed by atoms with E-state index in [4.69, 9.17) is 9.47 Å². The molecule has 1 aliphatic heterocycles. The van der Waals surface area contributed by atoms with Gasteiger partial charge in [-0.05, 0) is 65.8 Å². The quantitative estimate of drug-likeness (QED) is 0.735. The fourth-order valence-corrected chi connectivity index (χ4v) is 2.82. The average molecular weight is 312 g/mol. The number of rotatable bonds is 7. The molecule has 1 N–H and O–H groups in total. The SMILES string of the molecule is CC(NCCCN(C(=O)OC(C)(C)C)C1CC1)C1CCOC1. The molecule has 0 aromatic rings. The molecule has 2 atom stereocenters. The van der Waals surface area contributed by atoms with Crippen molar-refractivity contribution in [1.29, 1.82) is 0 Å². The summed E-state index contributed by atoms with van der Waals surface area (Å²) >= 11 is 0. The predicted octanol–water partition coefficient (Wildman–Crippen LogP) is 2.79. The van der Waals surface area contributed by atoms with Crippen LogP contribution in [0.1, 0.15) is 53.4 Å². The molecule has 1 aliphatic carbocycles. The van der Waals surface area contributed by atoms with Gasteiger partial charge in [-0.15, -0.1) is 0 Å². The minimum Gasteiger partial charge on any atom is -0.444 e. The zero-order chi connectivity index (χ0) is 16.2. The van der Waals surface area contributed by atoms with E-state index in [0.717, 1.165) is 52.0 Å². The van der Waals surface area contributed by atoms with Gasteiger partial charge in [0, 0.05) is 25.2 Å². The Bertz CT molecular complexity index is 357. The Balaban J connectivity index is 1.67. The molecule has 1 heterocycles. The molecule has 0 spiro atoms. The van der Waals surface area contributed by atoms with Crippen LogP contribution in [0.25, 0.3) is 0 Å². The lowest BCUT2D eigenvalue weighted by Crippen LogP contribution is -2.40. The molecule has 0 aromatic heterocycles. The third-order valence-corrected chi connectivity index (χ3v) is 4.33. The van der Waals surface area contributed by atoms with Crippen LogP contribution in [0.15, 0.2) is 0 Å². The fraction of sp³-hybridized carbons (Fsp3) is 0.941. The second-order valence-electron chi connectivity index (χ2n) is 7.62. The Morgan fingerprint density at radius 2 is 2.09 bits per heavy atom. The van der Waals surface area contributed by atoms with E-state index in [1.165, 1.54) is 0 Å². The van der Waals surface area contributed by atoms with Gasteiger partial charge in [-0.25, -0.2) is 4.79 Å². The van der Waals surface area contributed by atoms with Crippen molar-refractivity contribution in [1.82, 2.24) is 10.2 Å². The van der Waals surface area contributed by atoms with Crippen molar-refractivity contribution < 1.29 is 14.3 Å². The summed E-state index contributed by atoms with van der Waals surface area (Å²) < 4.78 is 10.9. The van der Waals surface area contributed by atoms with E-state index in [1.807, 2.05) is 25.7 Å². The molecular formula is C17H32N2O3. The first-order valence-electron chi connectivity index (χ1n) is 8.67. The van der Waals surface area contributed by atoms with E-state index in [0.29, 0.717) is 18.0 Å². The summed E-state index contributed by atoms with van der Waals surface area (Å²) in [4.78, 5) is 14.2. The highest BCUT2D eigenvalue weighted by molar-refractivity contribution is 5.69. The van der Waals surface area contributed by atoms with Gasteiger partial charge in [0.25, 0.3) is 0 Å². The summed E-state index contributed by atoms with van der Waals surface area (Å²) in [6.45, 7) is 11.5. The summed E-state index contributed by atoms with van der Waals surface area (Å²) in [5, 5.41) is 3.57. The number of nitrogens with zero attached hydrogens (tertiary/aromatic N) is 1. The summed E-state index contributed by atoms with van der Waals surface area (Å²) in [5.41, 5.74) is -0.417. The highest BCUT2D eigenvalue weighted by Gasteiger charge is 2.34. The molecule has 1 saturated carbocycles. The molecular weight excluding hydrogens is 280 g/mol. The standard InChI is InChI=1S/C17H32N2O3/c1-13(14-8-11-21-12-14)18-9-5-10-19(15-6-7-15)16(20)22-17(2,3)4/h13-15,18H,5-12H2,1-4H3. The van der Waals surface area contributed by atoms with Gasteiger partial charge in [-0.3, -0.25) is 0 Å². The van der Waals surface area contributed by atoms with Crippen LogP contribution in [0.5, 0.6) is 0 Å². The molecule has 1 amide bonds. The monoisotopic (exact) mass is 312 g/mol. The molecule has 2 rings (SSSR count). The van der Waals surface area contributed by atoms with Gasteiger partial charge in [0.05, 0.1) is 6.61 Å². The zero-order valence-corrected chi connectivity index (χ0v) is 14.6. The van der Waals surface area contributed by atoms with Crippen LogP contribution in [-0.4, -0.2) is 55.0 Å². The van der Waals surface area contributed by atoms with Crippen molar-refractivity contribution in [2.45, 2.75) is 71.1 Å². The third kappa shape index (κ3) is 5.76. The Morgan fingerprint density at radius 3 is 2.64 bits per heavy atom. The van der Waals surface area contributed by atoms with Crippen molar-refractivity contribution in [3.8, 4) is 0 Å². The maximum absolute atomic E-state index is 12.2. The molecule has 2 unspecified atom stereocenters. The minimum atomic E-state index is -0.417. The number of amides is 1. The minimum absolute atomic E-state index is 0.160. The van der Waals surface area contributed by atoms with Crippen molar-refractivity contribution in [2.24, 2.45) is 5.92 Å². The highest BCUT2D eigenvalue weighted by Crippen LogP contribution is 2.28. The maximum Gasteiger partial charge on any atom is 0.410 e. The second-order valence-corrected chi connectivity index (χ2v) is 7.62. The van der Waals surface area contributed by atoms with Crippen LogP contribution in [0.2, 0.25) is 0 Å². The third-order valence-electron chi connectivity index (χ3n) is 4.33. The van der Waals surface area contributed by atoms with Crippen LogP contribution in [-0.2, 0) is 9.47 Å². The van der Waals surface area contributed by atoms with Gasteiger partial charge in [0.2, 0.25) is 0 Å². The molecule has 0 bridgehead atoms. The lowest BCUT2D eigenvalue weighted by atomic mass is 10.0. The number of carbonyl (C=O) groups is 1. The Hall–Kier alpha value is -0.810. The number of ether oxygens (including phenoxy) is 2. The first-order valence-corrected chi connectivity index (χ1v) is 8.67. The normalized spacial score (nSPS) is 23.4. The Kier molecular flexibility index (Phi) is 6.09. The molecule has 0 radical (unpaired) electrons. The summed E-state index contributed by atoms with van der Waals surface area (Å²) in [6, 6.07) is 0.883. The smallest absolute Gasteiger partial charge is 0.410 e. The number of nitrogens with one attached hydrogen (secondary N) is 1. The van der Waals surface area contributed by atoms with Crippen molar-refractivity contribution in [2.75, 3.05) is 26.3 Å². The van der Waals surface area contributed by atoms with E-state index in [-0.39, 0.29) is 6.09 Å². The van der Waals surface area contributed by atoms with Crippen molar-refractivity contribution >= 4 is 6.09 Å². The summed E-state index contributed by atoms with van der Waals surface area (Å²) in [6.07, 6.45) is 4.19. The molecule has 5 nitrogen and oxygen atoms in total. The molecule has 2 fully saturated rings. The van der Waals surface area contributed by atoms with Gasteiger partial charge < -0.3 is 19.7 Å². The van der Waals surface area contributed by atoms with Crippen LogP contribution in [0, 0.1) is 5.92 Å². The van der Waals surface area contributed by atoms with Crippen molar-refractivity contribution in [3.05, 3.63) is 0 Å².